The Hall–Kier alpha value is -0.920. The van der Waals surface area contributed by atoms with Gasteiger partial charge in [-0.25, -0.2) is 21.6 Å². The minimum Gasteiger partial charge on any atom is -0.224 e. The molecule has 1 rings (SSSR count). The molecule has 1 aromatic rings. The number of hydrogen-bond donors (Lipinski definition) is 1. The van der Waals surface area contributed by atoms with Crippen molar-refractivity contribution < 1.29 is 16.8 Å². The Morgan fingerprint density at radius 2 is 1.44 bits per heavy atom. The van der Waals surface area contributed by atoms with Crippen molar-refractivity contribution in [2.45, 2.75) is 23.6 Å². The zero-order chi connectivity index (χ0) is 14.0. The van der Waals surface area contributed by atoms with E-state index < -0.39 is 19.9 Å². The molecule has 0 aliphatic carbocycles. The Morgan fingerprint density at radius 1 is 1.00 bits per heavy atom. The van der Waals surface area contributed by atoms with E-state index in [4.69, 9.17) is 0 Å². The third kappa shape index (κ3) is 4.08. The van der Waals surface area contributed by atoms with Gasteiger partial charge in [0.15, 0.2) is 9.84 Å². The number of sulfonamides is 1. The highest BCUT2D eigenvalue weighted by Crippen LogP contribution is 2.14. The summed E-state index contributed by atoms with van der Waals surface area (Å²) >= 11 is 0. The zero-order valence-corrected chi connectivity index (χ0v) is 12.2. The summed E-state index contributed by atoms with van der Waals surface area (Å²) in [6.07, 6.45) is 1.08. The third-order valence-corrected chi connectivity index (χ3v) is 4.81. The molecule has 0 unspecified atom stereocenters. The SMILES string of the molecule is CC(C)CNS(=O)(=O)c1ccc(S(C)(=O)=O)cc1. The van der Waals surface area contributed by atoms with Crippen LogP contribution in [0.3, 0.4) is 0 Å². The van der Waals surface area contributed by atoms with Gasteiger partial charge in [0.1, 0.15) is 0 Å². The minimum atomic E-state index is -3.56. The van der Waals surface area contributed by atoms with Gasteiger partial charge in [-0.2, -0.15) is 0 Å². The molecular weight excluding hydrogens is 274 g/mol. The molecular formula is C11H17NO4S2. The van der Waals surface area contributed by atoms with Crippen LogP contribution in [0.5, 0.6) is 0 Å². The van der Waals surface area contributed by atoms with E-state index in [9.17, 15) is 16.8 Å². The van der Waals surface area contributed by atoms with Crippen molar-refractivity contribution in [1.82, 2.24) is 4.72 Å². The first-order chi connectivity index (χ1) is 8.13. The van der Waals surface area contributed by atoms with Crippen molar-refractivity contribution in [1.29, 1.82) is 0 Å². The molecule has 0 aromatic heterocycles. The van der Waals surface area contributed by atoms with Crippen LogP contribution in [0.4, 0.5) is 0 Å². The molecule has 0 fully saturated rings. The van der Waals surface area contributed by atoms with Crippen LogP contribution < -0.4 is 4.72 Å². The molecule has 0 bridgehead atoms. The lowest BCUT2D eigenvalue weighted by atomic mass is 10.2. The van der Waals surface area contributed by atoms with Crippen LogP contribution >= 0.6 is 0 Å². The van der Waals surface area contributed by atoms with E-state index in [0.717, 1.165) is 6.26 Å². The Morgan fingerprint density at radius 3 is 1.83 bits per heavy atom. The lowest BCUT2D eigenvalue weighted by Crippen LogP contribution is -2.27. The van der Waals surface area contributed by atoms with E-state index in [0.29, 0.717) is 6.54 Å². The zero-order valence-electron chi connectivity index (χ0n) is 10.5. The highest BCUT2D eigenvalue weighted by Gasteiger charge is 2.15. The summed E-state index contributed by atoms with van der Waals surface area (Å²) in [6.45, 7) is 4.14. The molecule has 7 heteroatoms. The first-order valence-corrected chi connectivity index (χ1v) is 8.80. The molecule has 1 aromatic carbocycles. The number of benzene rings is 1. The van der Waals surface area contributed by atoms with Gasteiger partial charge in [0, 0.05) is 12.8 Å². The molecule has 1 N–H and O–H groups in total. The van der Waals surface area contributed by atoms with Gasteiger partial charge in [0.25, 0.3) is 0 Å². The van der Waals surface area contributed by atoms with Gasteiger partial charge in [-0.1, -0.05) is 13.8 Å². The first kappa shape index (κ1) is 15.1. The lowest BCUT2D eigenvalue weighted by Gasteiger charge is -2.09. The molecule has 0 aliphatic heterocycles. The van der Waals surface area contributed by atoms with Gasteiger partial charge in [0.05, 0.1) is 9.79 Å². The predicted octanol–water partition coefficient (Wildman–Crippen LogP) is 1.02. The van der Waals surface area contributed by atoms with Gasteiger partial charge in [0.2, 0.25) is 10.0 Å². The highest BCUT2D eigenvalue weighted by atomic mass is 32.2. The normalized spacial score (nSPS) is 12.9. The molecule has 0 radical (unpaired) electrons. The van der Waals surface area contributed by atoms with Crippen LogP contribution in [0.2, 0.25) is 0 Å². The molecule has 0 heterocycles. The number of nitrogens with one attached hydrogen (secondary N) is 1. The van der Waals surface area contributed by atoms with Gasteiger partial charge in [-0.3, -0.25) is 0 Å². The second-order valence-corrected chi connectivity index (χ2v) is 8.27. The van der Waals surface area contributed by atoms with E-state index in [2.05, 4.69) is 4.72 Å². The highest BCUT2D eigenvalue weighted by molar-refractivity contribution is 7.90. The summed E-state index contributed by atoms with van der Waals surface area (Å²) in [5.74, 6) is 0.204. The summed E-state index contributed by atoms with van der Waals surface area (Å²) in [5, 5.41) is 0. The summed E-state index contributed by atoms with van der Waals surface area (Å²) in [7, 11) is -6.87. The number of rotatable bonds is 5. The van der Waals surface area contributed by atoms with Crippen molar-refractivity contribution in [3.8, 4) is 0 Å². The maximum atomic E-state index is 11.8. The first-order valence-electron chi connectivity index (χ1n) is 5.43. The summed E-state index contributed by atoms with van der Waals surface area (Å²) < 4.78 is 48.6. The van der Waals surface area contributed by atoms with Crippen molar-refractivity contribution in [3.05, 3.63) is 24.3 Å². The summed E-state index contributed by atoms with van der Waals surface area (Å²) in [5.41, 5.74) is 0. The van der Waals surface area contributed by atoms with E-state index in [1.54, 1.807) is 0 Å². The van der Waals surface area contributed by atoms with Crippen LogP contribution in [0.1, 0.15) is 13.8 Å². The molecule has 0 amide bonds. The predicted molar refractivity (Wildman–Crippen MR) is 69.6 cm³/mol. The second kappa shape index (κ2) is 5.38. The van der Waals surface area contributed by atoms with E-state index in [-0.39, 0.29) is 15.7 Å². The monoisotopic (exact) mass is 291 g/mol. The Kier molecular flexibility index (Phi) is 4.52. The number of hydrogen-bond acceptors (Lipinski definition) is 4. The Balaban J connectivity index is 2.98. The van der Waals surface area contributed by atoms with E-state index in [1.807, 2.05) is 13.8 Å². The average molecular weight is 291 g/mol. The molecule has 0 saturated carbocycles. The molecule has 0 atom stereocenters. The van der Waals surface area contributed by atoms with Crippen LogP contribution in [-0.2, 0) is 19.9 Å². The second-order valence-electron chi connectivity index (χ2n) is 4.49. The molecule has 5 nitrogen and oxygen atoms in total. The van der Waals surface area contributed by atoms with E-state index in [1.165, 1.54) is 24.3 Å². The standard InChI is InChI=1S/C11H17NO4S2/c1-9(2)8-12-18(15,16)11-6-4-10(5-7-11)17(3,13)14/h4-7,9,12H,8H2,1-3H3. The fourth-order valence-electron chi connectivity index (χ4n) is 1.23. The molecule has 102 valence electrons. The van der Waals surface area contributed by atoms with E-state index >= 15 is 0 Å². The van der Waals surface area contributed by atoms with Crippen molar-refractivity contribution in [2.75, 3.05) is 12.8 Å². The van der Waals surface area contributed by atoms with Gasteiger partial charge in [-0.05, 0) is 30.2 Å². The van der Waals surface area contributed by atoms with Gasteiger partial charge in [-0.15, -0.1) is 0 Å². The van der Waals surface area contributed by atoms with Crippen molar-refractivity contribution >= 4 is 19.9 Å². The fourth-order valence-corrected chi connectivity index (χ4v) is 3.07. The molecule has 18 heavy (non-hydrogen) atoms. The summed E-state index contributed by atoms with van der Waals surface area (Å²) in [6, 6.07) is 5.16. The minimum absolute atomic E-state index is 0.0653. The topological polar surface area (TPSA) is 80.3 Å². The van der Waals surface area contributed by atoms with Crippen molar-refractivity contribution in [3.63, 3.8) is 0 Å². The molecule has 0 aliphatic rings. The maximum absolute atomic E-state index is 11.8. The van der Waals surface area contributed by atoms with Crippen molar-refractivity contribution in [2.24, 2.45) is 5.92 Å². The molecule has 0 spiro atoms. The fraction of sp³-hybridized carbons (Fsp3) is 0.455. The van der Waals surface area contributed by atoms with Gasteiger partial charge >= 0.3 is 0 Å². The largest absolute Gasteiger partial charge is 0.240 e. The van der Waals surface area contributed by atoms with Crippen LogP contribution in [0, 0.1) is 5.92 Å². The lowest BCUT2D eigenvalue weighted by molar-refractivity contribution is 0.560. The Labute approximate surface area is 108 Å². The van der Waals surface area contributed by atoms with Gasteiger partial charge < -0.3 is 0 Å². The maximum Gasteiger partial charge on any atom is 0.240 e. The van der Waals surface area contributed by atoms with Crippen LogP contribution in [0.15, 0.2) is 34.1 Å². The number of sulfone groups is 1. The smallest absolute Gasteiger partial charge is 0.224 e. The molecule has 0 saturated heterocycles. The van der Waals surface area contributed by atoms with Crippen LogP contribution in [-0.4, -0.2) is 29.6 Å². The summed E-state index contributed by atoms with van der Waals surface area (Å²) in [4.78, 5) is 0.167. The van der Waals surface area contributed by atoms with Crippen LogP contribution in [0.25, 0.3) is 0 Å². The third-order valence-electron chi connectivity index (χ3n) is 2.24. The average Bonchev–Trinajstić information content (AvgIpc) is 2.26. The quantitative estimate of drug-likeness (QED) is 0.878. The Bertz CT molecular complexity index is 601.